The van der Waals surface area contributed by atoms with Crippen LogP contribution in [0, 0.1) is 0 Å². The minimum atomic E-state index is -3.36. The second-order valence-corrected chi connectivity index (χ2v) is 8.64. The zero-order chi connectivity index (χ0) is 16.5. The monoisotopic (exact) mass is 338 g/mol. The minimum Gasteiger partial charge on any atom is -0.383 e. The van der Waals surface area contributed by atoms with Crippen LogP contribution in [-0.2, 0) is 14.8 Å². The second kappa shape index (κ2) is 6.51. The average molecular weight is 338 g/mol. The van der Waals surface area contributed by atoms with Crippen molar-refractivity contribution in [2.45, 2.75) is 42.2 Å². The van der Waals surface area contributed by atoms with Crippen molar-refractivity contribution in [2.24, 2.45) is 0 Å². The Morgan fingerprint density at radius 3 is 2.43 bits per heavy atom. The van der Waals surface area contributed by atoms with Gasteiger partial charge in [-0.05, 0) is 44.9 Å². The SMILES string of the molecule is COCC1CCC2(CCN(S(=O)(=O)c3ccccc3)CC2)N1C. The summed E-state index contributed by atoms with van der Waals surface area (Å²) in [6.45, 7) is 1.95. The maximum Gasteiger partial charge on any atom is 0.243 e. The first-order valence-corrected chi connectivity index (χ1v) is 9.71. The molecule has 2 saturated heterocycles. The Morgan fingerprint density at radius 2 is 1.83 bits per heavy atom. The first-order valence-electron chi connectivity index (χ1n) is 8.27. The van der Waals surface area contributed by atoms with Crippen molar-refractivity contribution < 1.29 is 13.2 Å². The van der Waals surface area contributed by atoms with Gasteiger partial charge >= 0.3 is 0 Å². The largest absolute Gasteiger partial charge is 0.383 e. The van der Waals surface area contributed by atoms with Gasteiger partial charge in [-0.1, -0.05) is 18.2 Å². The zero-order valence-corrected chi connectivity index (χ0v) is 14.8. The van der Waals surface area contributed by atoms with E-state index in [1.165, 1.54) is 0 Å². The molecule has 0 aromatic heterocycles. The predicted octanol–water partition coefficient (Wildman–Crippen LogP) is 1.95. The van der Waals surface area contributed by atoms with Crippen molar-refractivity contribution >= 4 is 10.0 Å². The average Bonchev–Trinajstić information content (AvgIpc) is 2.86. The van der Waals surface area contributed by atoms with Gasteiger partial charge in [-0.3, -0.25) is 4.90 Å². The molecule has 2 heterocycles. The Bertz CT molecular complexity index is 624. The van der Waals surface area contributed by atoms with Gasteiger partial charge in [0.05, 0.1) is 11.5 Å². The third kappa shape index (κ3) is 3.05. The molecule has 23 heavy (non-hydrogen) atoms. The van der Waals surface area contributed by atoms with Crippen LogP contribution < -0.4 is 0 Å². The van der Waals surface area contributed by atoms with Crippen LogP contribution in [0.15, 0.2) is 35.2 Å². The predicted molar refractivity (Wildman–Crippen MR) is 89.8 cm³/mol. The van der Waals surface area contributed by atoms with Gasteiger partial charge in [-0.25, -0.2) is 8.42 Å². The van der Waals surface area contributed by atoms with Gasteiger partial charge in [0.2, 0.25) is 10.0 Å². The quantitative estimate of drug-likeness (QED) is 0.842. The minimum absolute atomic E-state index is 0.145. The number of likely N-dealkylation sites (tertiary alicyclic amines) is 1. The number of hydrogen-bond donors (Lipinski definition) is 0. The summed E-state index contributed by atoms with van der Waals surface area (Å²) in [6, 6.07) is 9.20. The molecule has 0 aliphatic carbocycles. The summed E-state index contributed by atoms with van der Waals surface area (Å²) in [6.07, 6.45) is 4.07. The molecular formula is C17H26N2O3S. The van der Waals surface area contributed by atoms with Gasteiger partial charge in [-0.15, -0.1) is 0 Å². The fraction of sp³-hybridized carbons (Fsp3) is 0.647. The van der Waals surface area contributed by atoms with E-state index in [2.05, 4.69) is 11.9 Å². The van der Waals surface area contributed by atoms with Gasteiger partial charge in [0.15, 0.2) is 0 Å². The van der Waals surface area contributed by atoms with E-state index in [-0.39, 0.29) is 5.54 Å². The number of sulfonamides is 1. The lowest BCUT2D eigenvalue weighted by atomic mass is 9.86. The van der Waals surface area contributed by atoms with E-state index in [1.54, 1.807) is 35.7 Å². The van der Waals surface area contributed by atoms with E-state index in [1.807, 2.05) is 6.07 Å². The molecule has 1 spiro atoms. The molecule has 5 nitrogen and oxygen atoms in total. The van der Waals surface area contributed by atoms with Crippen molar-refractivity contribution in [1.82, 2.24) is 9.21 Å². The lowest BCUT2D eigenvalue weighted by Crippen LogP contribution is -2.53. The van der Waals surface area contributed by atoms with Crippen molar-refractivity contribution in [3.63, 3.8) is 0 Å². The number of rotatable bonds is 4. The lowest BCUT2D eigenvalue weighted by Gasteiger charge is -2.44. The second-order valence-electron chi connectivity index (χ2n) is 6.70. The van der Waals surface area contributed by atoms with Gasteiger partial charge in [0.25, 0.3) is 0 Å². The first kappa shape index (κ1) is 16.9. The molecular weight excluding hydrogens is 312 g/mol. The molecule has 1 atom stereocenters. The summed E-state index contributed by atoms with van der Waals surface area (Å²) >= 11 is 0. The summed E-state index contributed by atoms with van der Waals surface area (Å²) in [4.78, 5) is 2.83. The Balaban J connectivity index is 1.70. The van der Waals surface area contributed by atoms with Crippen molar-refractivity contribution in [3.05, 3.63) is 30.3 Å². The van der Waals surface area contributed by atoms with Gasteiger partial charge in [0.1, 0.15) is 0 Å². The molecule has 1 aromatic carbocycles. The molecule has 0 radical (unpaired) electrons. The molecule has 0 saturated carbocycles. The van der Waals surface area contributed by atoms with Crippen LogP contribution in [0.3, 0.4) is 0 Å². The fourth-order valence-electron chi connectivity index (χ4n) is 4.07. The van der Waals surface area contributed by atoms with Crippen LogP contribution in [0.1, 0.15) is 25.7 Å². The number of benzene rings is 1. The van der Waals surface area contributed by atoms with E-state index < -0.39 is 10.0 Å². The van der Waals surface area contributed by atoms with Crippen molar-refractivity contribution in [1.29, 1.82) is 0 Å². The Kier molecular flexibility index (Phi) is 4.78. The molecule has 3 rings (SSSR count). The van der Waals surface area contributed by atoms with Gasteiger partial charge in [-0.2, -0.15) is 4.31 Å². The van der Waals surface area contributed by atoms with Crippen molar-refractivity contribution in [2.75, 3.05) is 33.9 Å². The first-order chi connectivity index (χ1) is 11.0. The Morgan fingerprint density at radius 1 is 1.17 bits per heavy atom. The maximum atomic E-state index is 12.7. The van der Waals surface area contributed by atoms with Crippen molar-refractivity contribution in [3.8, 4) is 0 Å². The van der Waals surface area contributed by atoms with Crippen LogP contribution in [-0.4, -0.2) is 63.1 Å². The molecule has 2 aliphatic rings. The number of hydrogen-bond acceptors (Lipinski definition) is 4. The molecule has 0 amide bonds. The van der Waals surface area contributed by atoms with Crippen LogP contribution in [0.2, 0.25) is 0 Å². The molecule has 2 aliphatic heterocycles. The normalized spacial score (nSPS) is 25.9. The van der Waals surface area contributed by atoms with Crippen LogP contribution in [0.25, 0.3) is 0 Å². The highest BCUT2D eigenvalue weighted by atomic mass is 32.2. The van der Waals surface area contributed by atoms with Crippen LogP contribution in [0.5, 0.6) is 0 Å². The standard InChI is InChI=1S/C17H26N2O3S/c1-18-15(14-22-2)8-9-17(18)10-12-19(13-11-17)23(20,21)16-6-4-3-5-7-16/h3-7,15H,8-14H2,1-2H3. The fourth-order valence-corrected chi connectivity index (χ4v) is 5.53. The summed E-state index contributed by atoms with van der Waals surface area (Å²) < 4.78 is 32.4. The highest BCUT2D eigenvalue weighted by Gasteiger charge is 2.47. The summed E-state index contributed by atoms with van der Waals surface area (Å²) in [5.41, 5.74) is 0.145. The number of methoxy groups -OCH3 is 1. The van der Waals surface area contributed by atoms with Gasteiger partial charge < -0.3 is 4.74 Å². The number of ether oxygens (including phenoxy) is 1. The highest BCUT2D eigenvalue weighted by molar-refractivity contribution is 7.89. The highest BCUT2D eigenvalue weighted by Crippen LogP contribution is 2.41. The number of piperidine rings is 1. The van der Waals surface area contributed by atoms with Crippen LogP contribution >= 0.6 is 0 Å². The topological polar surface area (TPSA) is 49.9 Å². The van der Waals surface area contributed by atoms with E-state index >= 15 is 0 Å². The molecule has 1 aromatic rings. The van der Waals surface area contributed by atoms with E-state index in [4.69, 9.17) is 4.74 Å². The molecule has 6 heteroatoms. The lowest BCUT2D eigenvalue weighted by molar-refractivity contribution is 0.0454. The number of likely N-dealkylation sites (N-methyl/N-ethyl adjacent to an activating group) is 1. The molecule has 0 N–H and O–H groups in total. The van der Waals surface area contributed by atoms with E-state index in [0.29, 0.717) is 24.0 Å². The molecule has 2 fully saturated rings. The zero-order valence-electron chi connectivity index (χ0n) is 13.9. The third-order valence-electron chi connectivity index (χ3n) is 5.63. The summed E-state index contributed by atoms with van der Waals surface area (Å²) in [7, 11) is 0.549. The van der Waals surface area contributed by atoms with E-state index in [0.717, 1.165) is 32.3 Å². The van der Waals surface area contributed by atoms with Gasteiger partial charge in [0, 0.05) is 31.8 Å². The van der Waals surface area contributed by atoms with Crippen LogP contribution in [0.4, 0.5) is 0 Å². The smallest absolute Gasteiger partial charge is 0.243 e. The molecule has 1 unspecified atom stereocenters. The third-order valence-corrected chi connectivity index (χ3v) is 7.54. The Hall–Kier alpha value is -0.950. The summed E-state index contributed by atoms with van der Waals surface area (Å²) in [5.74, 6) is 0. The maximum absolute atomic E-state index is 12.7. The van der Waals surface area contributed by atoms with E-state index in [9.17, 15) is 8.42 Å². The molecule has 0 bridgehead atoms. The number of nitrogens with zero attached hydrogens (tertiary/aromatic N) is 2. The molecule has 128 valence electrons. The summed E-state index contributed by atoms with van der Waals surface area (Å²) in [5, 5.41) is 0. The Labute approximate surface area is 139 Å².